The van der Waals surface area contributed by atoms with Crippen molar-refractivity contribution in [2.75, 3.05) is 6.61 Å². The van der Waals surface area contributed by atoms with Crippen LogP contribution in [-0.2, 0) is 6.54 Å². The Morgan fingerprint density at radius 3 is 2.94 bits per heavy atom. The minimum atomic E-state index is 0.796. The van der Waals surface area contributed by atoms with Crippen LogP contribution in [0.5, 0.6) is 5.75 Å². The van der Waals surface area contributed by atoms with Crippen molar-refractivity contribution in [3.63, 3.8) is 0 Å². The summed E-state index contributed by atoms with van der Waals surface area (Å²) in [7, 11) is 0. The summed E-state index contributed by atoms with van der Waals surface area (Å²) in [5, 5.41) is 1.20. The third-order valence-corrected chi connectivity index (χ3v) is 4.30. The smallest absolute Gasteiger partial charge is 0.257 e. The van der Waals surface area contributed by atoms with Crippen LogP contribution in [0.2, 0.25) is 0 Å². The number of halogens is 2. The molecular formula is C13H12Br2NO+. The van der Waals surface area contributed by atoms with E-state index in [1.807, 2.05) is 0 Å². The zero-order valence-corrected chi connectivity index (χ0v) is 12.4. The zero-order valence-electron chi connectivity index (χ0n) is 9.25. The first kappa shape index (κ1) is 11.5. The fourth-order valence-corrected chi connectivity index (χ4v) is 3.63. The Balaban J connectivity index is 2.41. The molecule has 1 aliphatic heterocycles. The van der Waals surface area contributed by atoms with Crippen LogP contribution in [0.4, 0.5) is 0 Å². The number of nitrogens with zero attached hydrogens (tertiary/aromatic N) is 1. The van der Waals surface area contributed by atoms with Crippen molar-refractivity contribution in [2.24, 2.45) is 0 Å². The van der Waals surface area contributed by atoms with Crippen molar-refractivity contribution >= 4 is 42.8 Å². The van der Waals surface area contributed by atoms with E-state index in [2.05, 4.69) is 60.8 Å². The summed E-state index contributed by atoms with van der Waals surface area (Å²) in [6, 6.07) is 6.27. The van der Waals surface area contributed by atoms with Gasteiger partial charge in [0.25, 0.3) is 5.52 Å². The van der Waals surface area contributed by atoms with E-state index in [4.69, 9.17) is 4.74 Å². The molecule has 2 nitrogen and oxygen atoms in total. The lowest BCUT2D eigenvalue weighted by Crippen LogP contribution is -2.35. The van der Waals surface area contributed by atoms with E-state index in [-0.39, 0.29) is 0 Å². The molecule has 3 rings (SSSR count). The highest BCUT2D eigenvalue weighted by Crippen LogP contribution is 2.37. The minimum Gasteiger partial charge on any atom is -0.486 e. The second-order valence-electron chi connectivity index (χ2n) is 4.19. The second-order valence-corrected chi connectivity index (χ2v) is 5.90. The summed E-state index contributed by atoms with van der Waals surface area (Å²) in [5.74, 6) is 0.962. The number of rotatable bonds is 0. The van der Waals surface area contributed by atoms with E-state index in [1.165, 1.54) is 10.9 Å². The van der Waals surface area contributed by atoms with Crippen LogP contribution in [0.1, 0.15) is 12.8 Å². The summed E-state index contributed by atoms with van der Waals surface area (Å²) in [6.45, 7) is 1.85. The van der Waals surface area contributed by atoms with Gasteiger partial charge in [0.1, 0.15) is 6.54 Å². The molecule has 0 N–H and O–H groups in total. The molecular weight excluding hydrogens is 346 g/mol. The van der Waals surface area contributed by atoms with E-state index in [0.717, 1.165) is 40.7 Å². The van der Waals surface area contributed by atoms with Gasteiger partial charge >= 0.3 is 0 Å². The molecule has 0 atom stereocenters. The molecule has 0 bridgehead atoms. The summed E-state index contributed by atoms with van der Waals surface area (Å²) in [4.78, 5) is 0. The SMILES string of the molecule is Brc1cc(Br)c2ccc[n+]3c2c1OCCCC3. The molecule has 17 heavy (non-hydrogen) atoms. The highest BCUT2D eigenvalue weighted by Gasteiger charge is 2.21. The van der Waals surface area contributed by atoms with Crippen LogP contribution in [0.15, 0.2) is 33.3 Å². The molecule has 0 saturated carbocycles. The third kappa shape index (κ3) is 1.97. The number of aryl methyl sites for hydroxylation is 1. The van der Waals surface area contributed by atoms with Crippen LogP contribution in [-0.4, -0.2) is 6.61 Å². The molecule has 0 unspecified atom stereocenters. The maximum atomic E-state index is 5.90. The van der Waals surface area contributed by atoms with E-state index in [9.17, 15) is 0 Å². The topological polar surface area (TPSA) is 13.1 Å². The van der Waals surface area contributed by atoms with Gasteiger partial charge in [-0.2, -0.15) is 4.57 Å². The molecule has 1 aliphatic rings. The third-order valence-electron chi connectivity index (χ3n) is 3.05. The van der Waals surface area contributed by atoms with E-state index >= 15 is 0 Å². The molecule has 0 radical (unpaired) electrons. The van der Waals surface area contributed by atoms with Crippen molar-refractivity contribution in [1.82, 2.24) is 0 Å². The molecule has 0 aliphatic carbocycles. The Kier molecular flexibility index (Phi) is 3.09. The Morgan fingerprint density at radius 1 is 1.18 bits per heavy atom. The maximum Gasteiger partial charge on any atom is 0.257 e. The Labute approximate surface area is 117 Å². The molecule has 0 fully saturated rings. The number of aromatic nitrogens is 1. The summed E-state index contributed by atoms with van der Waals surface area (Å²) in [5.41, 5.74) is 1.17. The Hall–Kier alpha value is -0.610. The van der Waals surface area contributed by atoms with Gasteiger partial charge in [0.2, 0.25) is 5.75 Å². The number of pyridine rings is 1. The van der Waals surface area contributed by atoms with Gasteiger partial charge in [0, 0.05) is 17.0 Å². The van der Waals surface area contributed by atoms with Gasteiger partial charge in [0.05, 0.1) is 16.5 Å². The average molecular weight is 358 g/mol. The van der Waals surface area contributed by atoms with Gasteiger partial charge in [-0.15, -0.1) is 0 Å². The van der Waals surface area contributed by atoms with Crippen molar-refractivity contribution in [2.45, 2.75) is 19.4 Å². The number of ether oxygens (including phenoxy) is 1. The van der Waals surface area contributed by atoms with Crippen molar-refractivity contribution in [3.8, 4) is 5.75 Å². The summed E-state index contributed by atoms with van der Waals surface area (Å²) in [6.07, 6.45) is 4.39. The second kappa shape index (κ2) is 4.58. The first-order valence-electron chi connectivity index (χ1n) is 5.70. The van der Waals surface area contributed by atoms with Crippen LogP contribution in [0, 0.1) is 0 Å². The normalized spacial score (nSPS) is 15.2. The maximum absolute atomic E-state index is 5.90. The van der Waals surface area contributed by atoms with Gasteiger partial charge in [-0.05, 0) is 50.4 Å². The lowest BCUT2D eigenvalue weighted by molar-refractivity contribution is -0.672. The molecule has 2 aromatic rings. The molecule has 0 saturated heterocycles. The largest absolute Gasteiger partial charge is 0.486 e. The Morgan fingerprint density at radius 2 is 2.06 bits per heavy atom. The predicted molar refractivity (Wildman–Crippen MR) is 74.3 cm³/mol. The quantitative estimate of drug-likeness (QED) is 0.653. The molecule has 1 aromatic heterocycles. The first-order valence-corrected chi connectivity index (χ1v) is 7.29. The minimum absolute atomic E-state index is 0.796. The summed E-state index contributed by atoms with van der Waals surface area (Å²) >= 11 is 7.20. The highest BCUT2D eigenvalue weighted by molar-refractivity contribution is 9.11. The predicted octanol–water partition coefficient (Wildman–Crippen LogP) is 3.82. The van der Waals surface area contributed by atoms with Crippen LogP contribution in [0.3, 0.4) is 0 Å². The molecule has 2 heterocycles. The van der Waals surface area contributed by atoms with Gasteiger partial charge < -0.3 is 4.74 Å². The number of benzene rings is 1. The van der Waals surface area contributed by atoms with Crippen LogP contribution in [0.25, 0.3) is 10.9 Å². The monoisotopic (exact) mass is 356 g/mol. The standard InChI is InChI=1S/C13H12Br2NO/c14-10-8-11(15)13-12-9(10)4-3-6-16(12)5-1-2-7-17-13/h3-4,6,8H,1-2,5,7H2/q+1. The van der Waals surface area contributed by atoms with Gasteiger partial charge in [-0.3, -0.25) is 0 Å². The van der Waals surface area contributed by atoms with Crippen molar-refractivity contribution < 1.29 is 9.30 Å². The van der Waals surface area contributed by atoms with Crippen LogP contribution < -0.4 is 9.30 Å². The van der Waals surface area contributed by atoms with Crippen molar-refractivity contribution in [1.29, 1.82) is 0 Å². The Bertz CT molecular complexity index is 583. The average Bonchev–Trinajstić information content (AvgIpc) is 2.28. The number of hydrogen-bond acceptors (Lipinski definition) is 1. The van der Waals surface area contributed by atoms with Crippen molar-refractivity contribution in [3.05, 3.63) is 33.3 Å². The lowest BCUT2D eigenvalue weighted by Gasteiger charge is -2.14. The zero-order chi connectivity index (χ0) is 11.8. The van der Waals surface area contributed by atoms with E-state index in [0.29, 0.717) is 0 Å². The van der Waals surface area contributed by atoms with Gasteiger partial charge in [-0.1, -0.05) is 0 Å². The molecule has 88 valence electrons. The summed E-state index contributed by atoms with van der Waals surface area (Å²) < 4.78 is 10.3. The number of hydrogen-bond donors (Lipinski definition) is 0. The highest BCUT2D eigenvalue weighted by atomic mass is 79.9. The molecule has 0 spiro atoms. The first-order chi connectivity index (χ1) is 8.27. The van der Waals surface area contributed by atoms with Gasteiger partial charge in [-0.25, -0.2) is 0 Å². The van der Waals surface area contributed by atoms with E-state index in [1.54, 1.807) is 0 Å². The lowest BCUT2D eigenvalue weighted by atomic mass is 10.1. The van der Waals surface area contributed by atoms with E-state index < -0.39 is 0 Å². The fourth-order valence-electron chi connectivity index (χ4n) is 2.25. The molecule has 0 amide bonds. The molecule has 1 aromatic carbocycles. The van der Waals surface area contributed by atoms with Crippen LogP contribution >= 0.6 is 31.9 Å². The molecule has 4 heteroatoms. The fraction of sp³-hybridized carbons (Fsp3) is 0.308. The van der Waals surface area contributed by atoms with Gasteiger partial charge in [0.15, 0.2) is 6.20 Å².